The number of aromatic nitrogens is 2. The quantitative estimate of drug-likeness (QED) is 0.739. The molecule has 0 bridgehead atoms. The fraction of sp³-hybridized carbons (Fsp3) is 0.250. The highest BCUT2D eigenvalue weighted by Gasteiger charge is 2.26. The first-order valence-electron chi connectivity index (χ1n) is 7.91. The van der Waals surface area contributed by atoms with Gasteiger partial charge in [0.1, 0.15) is 5.56 Å². The number of carbonyl (C=O) groups is 2. The Hall–Kier alpha value is -2.78. The number of hydrogen-bond donors (Lipinski definition) is 2. The second kappa shape index (κ2) is 7.45. The molecule has 1 aromatic carbocycles. The van der Waals surface area contributed by atoms with Gasteiger partial charge < -0.3 is 10.1 Å². The summed E-state index contributed by atoms with van der Waals surface area (Å²) in [7, 11) is 0. The van der Waals surface area contributed by atoms with Gasteiger partial charge in [0.15, 0.2) is 0 Å². The van der Waals surface area contributed by atoms with E-state index in [4.69, 9.17) is 27.9 Å². The normalized spacial score (nSPS) is 13.6. The van der Waals surface area contributed by atoms with Gasteiger partial charge >= 0.3 is 17.7 Å². The monoisotopic (exact) mass is 412 g/mol. The molecule has 2 N–H and O–H groups in total. The van der Waals surface area contributed by atoms with E-state index in [0.717, 1.165) is 10.8 Å². The molecule has 1 aliphatic heterocycles. The maximum atomic E-state index is 12.2. The van der Waals surface area contributed by atoms with E-state index in [9.17, 15) is 19.2 Å². The first kappa shape index (κ1) is 19.0. The molecule has 2 aromatic rings. The molecule has 2 heterocycles. The molecular formula is C16H14Cl2N4O5. The van der Waals surface area contributed by atoms with E-state index in [0.29, 0.717) is 18.8 Å². The zero-order valence-corrected chi connectivity index (χ0v) is 15.6. The maximum Gasteiger partial charge on any atom is 0.345 e. The summed E-state index contributed by atoms with van der Waals surface area (Å²) < 4.78 is 5.82. The van der Waals surface area contributed by atoms with Crippen molar-refractivity contribution in [3.63, 3.8) is 0 Å². The van der Waals surface area contributed by atoms with E-state index in [1.54, 1.807) is 6.92 Å². The van der Waals surface area contributed by atoms with Crippen LogP contribution in [0.3, 0.4) is 0 Å². The zero-order valence-electron chi connectivity index (χ0n) is 14.0. The molecule has 2 amide bonds. The summed E-state index contributed by atoms with van der Waals surface area (Å²) in [6, 6.07) is 2.48. The second-order valence-electron chi connectivity index (χ2n) is 5.53. The Morgan fingerprint density at radius 1 is 1.22 bits per heavy atom. The van der Waals surface area contributed by atoms with E-state index in [2.05, 4.69) is 10.3 Å². The van der Waals surface area contributed by atoms with Crippen LogP contribution in [0.5, 0.6) is 0 Å². The Morgan fingerprint density at radius 2 is 1.89 bits per heavy atom. The fourth-order valence-electron chi connectivity index (χ4n) is 2.65. The van der Waals surface area contributed by atoms with Gasteiger partial charge in [-0.25, -0.2) is 14.4 Å². The minimum absolute atomic E-state index is 0.0711. The van der Waals surface area contributed by atoms with Crippen molar-refractivity contribution in [1.29, 1.82) is 0 Å². The molecular weight excluding hydrogens is 399 g/mol. The molecule has 0 atom stereocenters. The number of anilines is 1. The van der Waals surface area contributed by atoms with Crippen molar-refractivity contribution >= 4 is 40.9 Å². The number of nitrogens with zero attached hydrogens (tertiary/aromatic N) is 2. The highest BCUT2D eigenvalue weighted by Crippen LogP contribution is 2.36. The van der Waals surface area contributed by atoms with Crippen molar-refractivity contribution in [3.8, 4) is 5.69 Å². The van der Waals surface area contributed by atoms with E-state index in [1.807, 2.05) is 0 Å². The lowest BCUT2D eigenvalue weighted by atomic mass is 10.2. The number of nitrogens with one attached hydrogen (secondary N) is 2. The number of benzene rings is 1. The molecule has 1 fully saturated rings. The molecule has 0 aliphatic carbocycles. The topological polar surface area (TPSA) is 114 Å². The van der Waals surface area contributed by atoms with Crippen LogP contribution in [-0.4, -0.2) is 41.2 Å². The Bertz CT molecular complexity index is 1020. The predicted molar refractivity (Wildman–Crippen MR) is 99.4 cm³/mol. The molecule has 0 spiro atoms. The SMILES string of the molecule is CCOC(=O)c1cn(-c2cc(Cl)c(N3CCNC3=O)c(Cl)c2)c(=O)[nH]c1=O. The first-order valence-corrected chi connectivity index (χ1v) is 8.67. The number of hydrogen-bond acceptors (Lipinski definition) is 5. The number of H-pyrrole nitrogens is 1. The Labute approximate surface area is 162 Å². The van der Waals surface area contributed by atoms with Crippen LogP contribution in [0.2, 0.25) is 10.0 Å². The lowest BCUT2D eigenvalue weighted by Crippen LogP contribution is -2.33. The average Bonchev–Trinajstić information content (AvgIpc) is 3.00. The minimum atomic E-state index is -0.866. The molecule has 1 aromatic heterocycles. The van der Waals surface area contributed by atoms with Crippen LogP contribution in [-0.2, 0) is 4.74 Å². The van der Waals surface area contributed by atoms with Crippen molar-refractivity contribution in [3.05, 3.63) is 54.8 Å². The van der Waals surface area contributed by atoms with Gasteiger partial charge in [-0.05, 0) is 19.1 Å². The molecule has 0 saturated carbocycles. The lowest BCUT2D eigenvalue weighted by molar-refractivity contribution is 0.0523. The zero-order chi connectivity index (χ0) is 19.7. The number of halogens is 2. The summed E-state index contributed by atoms with van der Waals surface area (Å²) in [5, 5.41) is 2.90. The number of urea groups is 1. The third kappa shape index (κ3) is 3.56. The molecule has 3 rings (SSSR count). The van der Waals surface area contributed by atoms with Crippen LogP contribution >= 0.6 is 23.2 Å². The van der Waals surface area contributed by atoms with Crippen LogP contribution in [0.25, 0.3) is 5.69 Å². The largest absolute Gasteiger partial charge is 0.462 e. The average molecular weight is 413 g/mol. The van der Waals surface area contributed by atoms with E-state index >= 15 is 0 Å². The molecule has 11 heteroatoms. The van der Waals surface area contributed by atoms with E-state index < -0.39 is 17.2 Å². The number of aromatic amines is 1. The highest BCUT2D eigenvalue weighted by molar-refractivity contribution is 6.40. The third-order valence-electron chi connectivity index (χ3n) is 3.84. The van der Waals surface area contributed by atoms with Gasteiger partial charge in [-0.15, -0.1) is 0 Å². The Morgan fingerprint density at radius 3 is 2.44 bits per heavy atom. The Balaban J connectivity index is 2.11. The second-order valence-corrected chi connectivity index (χ2v) is 6.35. The summed E-state index contributed by atoms with van der Waals surface area (Å²) in [6.07, 6.45) is 1.06. The van der Waals surface area contributed by atoms with Crippen molar-refractivity contribution in [1.82, 2.24) is 14.9 Å². The van der Waals surface area contributed by atoms with Crippen LogP contribution in [0, 0.1) is 0 Å². The van der Waals surface area contributed by atoms with Gasteiger partial charge in [0.2, 0.25) is 0 Å². The number of amides is 2. The fourth-order valence-corrected chi connectivity index (χ4v) is 3.33. The third-order valence-corrected chi connectivity index (χ3v) is 4.42. The molecule has 142 valence electrons. The summed E-state index contributed by atoms with van der Waals surface area (Å²) in [4.78, 5) is 51.2. The smallest absolute Gasteiger partial charge is 0.345 e. The van der Waals surface area contributed by atoms with E-state index in [-0.39, 0.29) is 33.9 Å². The van der Waals surface area contributed by atoms with Gasteiger partial charge in [-0.2, -0.15) is 0 Å². The summed E-state index contributed by atoms with van der Waals surface area (Å²) in [5.74, 6) is -0.866. The molecule has 1 saturated heterocycles. The van der Waals surface area contributed by atoms with Gasteiger partial charge in [0.05, 0.1) is 28.0 Å². The van der Waals surface area contributed by atoms with Crippen LogP contribution in [0.15, 0.2) is 27.9 Å². The number of rotatable bonds is 4. The van der Waals surface area contributed by atoms with Crippen LogP contribution in [0.1, 0.15) is 17.3 Å². The predicted octanol–water partition coefficient (Wildman–Crippen LogP) is 1.54. The van der Waals surface area contributed by atoms with E-state index in [1.165, 1.54) is 17.0 Å². The molecule has 0 radical (unpaired) electrons. The summed E-state index contributed by atoms with van der Waals surface area (Å²) in [5.41, 5.74) is -1.48. The molecule has 27 heavy (non-hydrogen) atoms. The number of esters is 1. The van der Waals surface area contributed by atoms with Gasteiger partial charge in [-0.3, -0.25) is 19.2 Å². The van der Waals surface area contributed by atoms with Gasteiger partial charge in [0, 0.05) is 19.3 Å². The van der Waals surface area contributed by atoms with Crippen LogP contribution < -0.4 is 21.5 Å². The lowest BCUT2D eigenvalue weighted by Gasteiger charge is -2.19. The maximum absolute atomic E-state index is 12.2. The first-order chi connectivity index (χ1) is 12.8. The number of carbonyl (C=O) groups excluding carboxylic acids is 2. The van der Waals surface area contributed by atoms with Crippen molar-refractivity contribution in [2.75, 3.05) is 24.6 Å². The highest BCUT2D eigenvalue weighted by atomic mass is 35.5. The summed E-state index contributed by atoms with van der Waals surface area (Å²) >= 11 is 12.6. The Kier molecular flexibility index (Phi) is 5.24. The van der Waals surface area contributed by atoms with Crippen LogP contribution in [0.4, 0.5) is 10.5 Å². The molecule has 0 unspecified atom stereocenters. The number of ether oxygens (including phenoxy) is 1. The molecule has 1 aliphatic rings. The van der Waals surface area contributed by atoms with Crippen molar-refractivity contribution < 1.29 is 14.3 Å². The molecule has 9 nitrogen and oxygen atoms in total. The van der Waals surface area contributed by atoms with Crippen molar-refractivity contribution in [2.24, 2.45) is 0 Å². The summed E-state index contributed by atoms with van der Waals surface area (Å²) in [6.45, 7) is 2.51. The standard InChI is InChI=1S/C16H14Cl2N4O5/c1-2-27-14(24)9-7-22(16(26)20-13(9)23)8-5-10(17)12(11(18)6-8)21-4-3-19-15(21)25/h5-7H,2-4H2,1H3,(H,19,25)(H,20,23,26). The van der Waals surface area contributed by atoms with Gasteiger partial charge in [-0.1, -0.05) is 23.2 Å². The van der Waals surface area contributed by atoms with Gasteiger partial charge in [0.25, 0.3) is 5.56 Å². The minimum Gasteiger partial charge on any atom is -0.462 e. The van der Waals surface area contributed by atoms with Crippen molar-refractivity contribution in [2.45, 2.75) is 6.92 Å².